The van der Waals surface area contributed by atoms with Crippen LogP contribution in [0.5, 0.6) is 11.5 Å². The zero-order chi connectivity index (χ0) is 30.6. The Bertz CT molecular complexity index is 855. The summed E-state index contributed by atoms with van der Waals surface area (Å²) in [5, 5.41) is 8.88. The topological polar surface area (TPSA) is 104 Å². The fourth-order valence-electron chi connectivity index (χ4n) is 3.13. The molecule has 228 valence electrons. The van der Waals surface area contributed by atoms with Gasteiger partial charge in [-0.05, 0) is 58.5 Å². The van der Waals surface area contributed by atoms with Gasteiger partial charge in [-0.2, -0.15) is 0 Å². The van der Waals surface area contributed by atoms with E-state index in [0.29, 0.717) is 61.7 Å². The largest absolute Gasteiger partial charge is 0.507 e. The molecule has 0 amide bonds. The van der Waals surface area contributed by atoms with Crippen molar-refractivity contribution in [3.05, 3.63) is 59.7 Å². The minimum atomic E-state index is 0.0347. The standard InChI is InChI=1S/C11H14O4.C8H19N.C7H6O2.C4H9ClO2/c1-13-6-7-14-9-15-11-5-3-2-4-10(11)8-12;1-6-9(7(2)3)8(4)5;8-5-6-3-1-2-4-7(6)9;1-6-2-3-7-4-5/h2-5,8H,6-7,9H2,1H3;7-8H,6H2,1-5H3;1-5,9H;2-4H2,1H3. The summed E-state index contributed by atoms with van der Waals surface area (Å²) in [5.74, 6) is 0.567. The minimum absolute atomic E-state index is 0.0347. The van der Waals surface area contributed by atoms with Crippen LogP contribution >= 0.6 is 11.6 Å². The highest BCUT2D eigenvalue weighted by Crippen LogP contribution is 2.15. The quantitative estimate of drug-likeness (QED) is 0.122. The van der Waals surface area contributed by atoms with Gasteiger partial charge in [-0.15, -0.1) is 0 Å². The Morgan fingerprint density at radius 3 is 1.70 bits per heavy atom. The molecule has 0 bridgehead atoms. The Kier molecular flexibility index (Phi) is 27.7. The number of aromatic hydroxyl groups is 1. The number of carbonyl (C=O) groups excluding carboxylic acids is 2. The first-order chi connectivity index (χ1) is 19.2. The number of alkyl halides is 1. The van der Waals surface area contributed by atoms with Crippen LogP contribution in [0.25, 0.3) is 0 Å². The van der Waals surface area contributed by atoms with E-state index in [1.54, 1.807) is 56.7 Å². The van der Waals surface area contributed by atoms with Gasteiger partial charge in [0.1, 0.15) is 17.6 Å². The number of aldehydes is 2. The fourth-order valence-corrected chi connectivity index (χ4v) is 3.24. The molecule has 0 saturated heterocycles. The third kappa shape index (κ3) is 21.3. The van der Waals surface area contributed by atoms with E-state index in [2.05, 4.69) is 44.3 Å². The summed E-state index contributed by atoms with van der Waals surface area (Å²) in [7, 11) is 3.23. The maximum atomic E-state index is 10.6. The van der Waals surface area contributed by atoms with E-state index in [1.807, 2.05) is 0 Å². The molecule has 0 heterocycles. The highest BCUT2D eigenvalue weighted by molar-refractivity contribution is 6.17. The second kappa shape index (κ2) is 28.0. The van der Waals surface area contributed by atoms with Crippen LogP contribution in [0.4, 0.5) is 0 Å². The average Bonchev–Trinajstić information content (AvgIpc) is 2.95. The third-order valence-corrected chi connectivity index (χ3v) is 5.19. The van der Waals surface area contributed by atoms with E-state index >= 15 is 0 Å². The molecule has 0 radical (unpaired) electrons. The van der Waals surface area contributed by atoms with Crippen LogP contribution in [0.1, 0.15) is 55.3 Å². The lowest BCUT2D eigenvalue weighted by Crippen LogP contribution is -2.36. The van der Waals surface area contributed by atoms with Crippen LogP contribution in [0.15, 0.2) is 48.5 Å². The van der Waals surface area contributed by atoms with Crippen molar-refractivity contribution in [1.82, 2.24) is 4.90 Å². The molecular formula is C30H48ClNO8. The molecule has 0 unspecified atom stereocenters. The van der Waals surface area contributed by atoms with Crippen molar-refractivity contribution in [2.24, 2.45) is 0 Å². The molecule has 0 spiro atoms. The van der Waals surface area contributed by atoms with Crippen molar-refractivity contribution in [2.45, 2.75) is 46.7 Å². The molecule has 0 saturated carbocycles. The van der Waals surface area contributed by atoms with Crippen LogP contribution in [-0.4, -0.2) is 94.7 Å². The number of rotatable bonds is 15. The van der Waals surface area contributed by atoms with Gasteiger partial charge in [0.15, 0.2) is 19.4 Å². The van der Waals surface area contributed by atoms with Crippen molar-refractivity contribution in [3.63, 3.8) is 0 Å². The van der Waals surface area contributed by atoms with Crippen molar-refractivity contribution in [2.75, 3.05) is 60.1 Å². The molecule has 0 aliphatic heterocycles. The summed E-state index contributed by atoms with van der Waals surface area (Å²) in [4.78, 5) is 23.1. The second-order valence-corrected chi connectivity index (χ2v) is 8.74. The second-order valence-electron chi connectivity index (χ2n) is 8.52. The predicted molar refractivity (Wildman–Crippen MR) is 160 cm³/mol. The average molecular weight is 586 g/mol. The zero-order valence-corrected chi connectivity index (χ0v) is 25.8. The molecular weight excluding hydrogens is 538 g/mol. The first kappa shape index (κ1) is 39.6. The lowest BCUT2D eigenvalue weighted by atomic mass is 10.2. The number of hydrogen-bond acceptors (Lipinski definition) is 9. The van der Waals surface area contributed by atoms with Gasteiger partial charge in [-0.3, -0.25) is 14.5 Å². The van der Waals surface area contributed by atoms with Gasteiger partial charge < -0.3 is 28.8 Å². The zero-order valence-electron chi connectivity index (χ0n) is 25.0. The van der Waals surface area contributed by atoms with E-state index in [0.717, 1.165) is 12.8 Å². The van der Waals surface area contributed by atoms with E-state index in [1.165, 1.54) is 6.07 Å². The fraction of sp³-hybridized carbons (Fsp3) is 0.533. The molecule has 0 fully saturated rings. The Balaban J connectivity index is 0. The number of para-hydroxylation sites is 2. The number of carbonyl (C=O) groups is 2. The number of hydrogen-bond donors (Lipinski definition) is 1. The van der Waals surface area contributed by atoms with E-state index in [-0.39, 0.29) is 18.6 Å². The molecule has 2 aromatic rings. The van der Waals surface area contributed by atoms with Crippen LogP contribution in [-0.2, 0) is 18.9 Å². The number of phenolic OH excluding ortho intramolecular Hbond substituents is 1. The van der Waals surface area contributed by atoms with Crippen LogP contribution in [0.2, 0.25) is 0 Å². The first-order valence-corrected chi connectivity index (χ1v) is 13.6. The van der Waals surface area contributed by atoms with Gasteiger partial charge in [0.2, 0.25) is 0 Å². The summed E-state index contributed by atoms with van der Waals surface area (Å²) in [6.45, 7) is 14.6. The molecule has 0 aromatic heterocycles. The van der Waals surface area contributed by atoms with Crippen LogP contribution in [0, 0.1) is 0 Å². The minimum Gasteiger partial charge on any atom is -0.507 e. The summed E-state index contributed by atoms with van der Waals surface area (Å²) in [6.07, 6.45) is 1.37. The molecule has 9 nitrogen and oxygen atoms in total. The van der Waals surface area contributed by atoms with Crippen molar-refractivity contribution < 1.29 is 38.4 Å². The number of benzene rings is 2. The number of halogens is 1. The number of methoxy groups -OCH3 is 2. The normalized spacial score (nSPS) is 10.1. The van der Waals surface area contributed by atoms with Gasteiger partial charge in [0.25, 0.3) is 0 Å². The summed E-state index contributed by atoms with van der Waals surface area (Å²) in [5.41, 5.74) is 0.852. The van der Waals surface area contributed by atoms with Crippen molar-refractivity contribution in [1.29, 1.82) is 0 Å². The molecule has 0 aliphatic carbocycles. The SMILES string of the molecule is CCN(C(C)C)C(C)C.COCCOCCl.COCCOCOc1ccccc1C=O.O=Cc1ccccc1O. The smallest absolute Gasteiger partial charge is 0.189 e. The van der Waals surface area contributed by atoms with Gasteiger partial charge in [0.05, 0.1) is 37.6 Å². The molecule has 10 heteroatoms. The lowest BCUT2D eigenvalue weighted by molar-refractivity contribution is -0.00866. The molecule has 1 N–H and O–H groups in total. The van der Waals surface area contributed by atoms with Gasteiger partial charge in [-0.1, -0.05) is 42.8 Å². The van der Waals surface area contributed by atoms with Crippen molar-refractivity contribution >= 4 is 24.2 Å². The first-order valence-electron chi connectivity index (χ1n) is 13.1. The maximum Gasteiger partial charge on any atom is 0.189 e. The lowest BCUT2D eigenvalue weighted by Gasteiger charge is -2.28. The Morgan fingerprint density at radius 1 is 0.800 bits per heavy atom. The Hall–Kier alpha value is -2.53. The summed E-state index contributed by atoms with van der Waals surface area (Å²) < 4.78 is 24.6. The van der Waals surface area contributed by atoms with Crippen molar-refractivity contribution in [3.8, 4) is 11.5 Å². The number of ether oxygens (including phenoxy) is 5. The number of phenols is 1. The summed E-state index contributed by atoms with van der Waals surface area (Å²) in [6, 6.07) is 15.0. The molecule has 0 aliphatic rings. The van der Waals surface area contributed by atoms with E-state index in [4.69, 9.17) is 35.7 Å². The maximum absolute atomic E-state index is 10.6. The van der Waals surface area contributed by atoms with E-state index < -0.39 is 0 Å². The van der Waals surface area contributed by atoms with Gasteiger partial charge >= 0.3 is 0 Å². The summed E-state index contributed by atoms with van der Waals surface area (Å²) >= 11 is 5.16. The predicted octanol–water partition coefficient (Wildman–Crippen LogP) is 5.67. The van der Waals surface area contributed by atoms with Crippen LogP contribution in [0.3, 0.4) is 0 Å². The highest BCUT2D eigenvalue weighted by Gasteiger charge is 2.09. The molecule has 0 atom stereocenters. The van der Waals surface area contributed by atoms with Crippen LogP contribution < -0.4 is 4.74 Å². The van der Waals surface area contributed by atoms with Gasteiger partial charge in [-0.25, -0.2) is 0 Å². The number of nitrogens with zero attached hydrogens (tertiary/aromatic N) is 1. The third-order valence-electron chi connectivity index (χ3n) is 5.04. The Labute approximate surface area is 245 Å². The monoisotopic (exact) mass is 585 g/mol. The molecule has 40 heavy (non-hydrogen) atoms. The molecule has 2 rings (SSSR count). The molecule has 2 aromatic carbocycles. The van der Waals surface area contributed by atoms with Gasteiger partial charge in [0, 0.05) is 26.3 Å². The Morgan fingerprint density at radius 2 is 1.30 bits per heavy atom. The highest BCUT2D eigenvalue weighted by atomic mass is 35.5. The van der Waals surface area contributed by atoms with E-state index in [9.17, 15) is 9.59 Å².